The molecule has 0 radical (unpaired) electrons. The van der Waals surface area contributed by atoms with Gasteiger partial charge in [-0.15, -0.1) is 0 Å². The lowest BCUT2D eigenvalue weighted by molar-refractivity contribution is 0.0756. The van der Waals surface area contributed by atoms with Gasteiger partial charge in [0.2, 0.25) is 0 Å². The molecule has 0 saturated heterocycles. The molecule has 70 valence electrons. The zero-order chi connectivity index (χ0) is 10.4. The Bertz CT molecular complexity index is 363. The number of nitriles is 2. The van der Waals surface area contributed by atoms with Crippen molar-refractivity contribution in [3.8, 4) is 12.1 Å². The monoisotopic (exact) mass is 186 g/mol. The summed E-state index contributed by atoms with van der Waals surface area (Å²) in [6.07, 6.45) is 9.72. The van der Waals surface area contributed by atoms with Gasteiger partial charge in [-0.25, -0.2) is 0 Å². The second-order valence-electron chi connectivity index (χ2n) is 2.93. The van der Waals surface area contributed by atoms with Crippen molar-refractivity contribution in [1.82, 2.24) is 0 Å². The molecular weight excluding hydrogens is 176 g/mol. The summed E-state index contributed by atoms with van der Waals surface area (Å²) in [6, 6.07) is 3.64. The Balaban J connectivity index is 3.00. The lowest BCUT2D eigenvalue weighted by atomic mass is 9.93. The van der Waals surface area contributed by atoms with E-state index in [1.54, 1.807) is 13.2 Å². The number of methoxy groups -OCH3 is 1. The normalized spacial score (nSPS) is 23.6. The van der Waals surface area contributed by atoms with Crippen LogP contribution >= 0.6 is 0 Å². The van der Waals surface area contributed by atoms with Crippen LogP contribution in [0.4, 0.5) is 0 Å². The predicted octanol–water partition coefficient (Wildman–Crippen LogP) is 1.86. The van der Waals surface area contributed by atoms with Crippen molar-refractivity contribution in [3.63, 3.8) is 0 Å². The molecule has 3 nitrogen and oxygen atoms in total. The summed E-state index contributed by atoms with van der Waals surface area (Å²) in [5, 5.41) is 17.3. The van der Waals surface area contributed by atoms with Crippen molar-refractivity contribution in [2.45, 2.75) is 12.0 Å². The summed E-state index contributed by atoms with van der Waals surface area (Å²) in [7, 11) is 1.56. The number of hydrogen-bond donors (Lipinski definition) is 0. The summed E-state index contributed by atoms with van der Waals surface area (Å²) in [6.45, 7) is 0. The summed E-state index contributed by atoms with van der Waals surface area (Å²) in [5.74, 6) is 0. The first kappa shape index (κ1) is 10.2. The van der Waals surface area contributed by atoms with Crippen molar-refractivity contribution >= 4 is 0 Å². The molecule has 1 atom stereocenters. The predicted molar refractivity (Wildman–Crippen MR) is 51.9 cm³/mol. The number of ether oxygens (including phenoxy) is 1. The van der Waals surface area contributed by atoms with Gasteiger partial charge >= 0.3 is 0 Å². The van der Waals surface area contributed by atoms with Gasteiger partial charge in [0.05, 0.1) is 0 Å². The SMILES string of the molecule is COC1(C=C(C#N)C#N)C=CC=CC1. The molecule has 0 aliphatic heterocycles. The lowest BCUT2D eigenvalue weighted by Gasteiger charge is -2.25. The molecule has 0 aromatic carbocycles. The summed E-state index contributed by atoms with van der Waals surface area (Å²) in [5.41, 5.74) is -0.554. The average molecular weight is 186 g/mol. The highest BCUT2D eigenvalue weighted by Crippen LogP contribution is 2.24. The fourth-order valence-corrected chi connectivity index (χ4v) is 1.27. The second-order valence-corrected chi connectivity index (χ2v) is 2.93. The van der Waals surface area contributed by atoms with Crippen LogP contribution in [0.3, 0.4) is 0 Å². The minimum atomic E-state index is -0.629. The van der Waals surface area contributed by atoms with Crippen molar-refractivity contribution in [2.75, 3.05) is 7.11 Å². The van der Waals surface area contributed by atoms with Gasteiger partial charge in [0, 0.05) is 13.5 Å². The first-order valence-corrected chi connectivity index (χ1v) is 4.19. The van der Waals surface area contributed by atoms with E-state index in [1.165, 1.54) is 0 Å². The van der Waals surface area contributed by atoms with Crippen molar-refractivity contribution in [2.24, 2.45) is 0 Å². The van der Waals surface area contributed by atoms with E-state index in [-0.39, 0.29) is 5.57 Å². The molecule has 0 saturated carbocycles. The van der Waals surface area contributed by atoms with Gasteiger partial charge in [0.25, 0.3) is 0 Å². The topological polar surface area (TPSA) is 56.8 Å². The third kappa shape index (κ3) is 2.10. The van der Waals surface area contributed by atoms with Gasteiger partial charge in [-0.05, 0) is 12.2 Å². The van der Waals surface area contributed by atoms with Crippen molar-refractivity contribution in [3.05, 3.63) is 36.0 Å². The molecule has 1 rings (SSSR count). The van der Waals surface area contributed by atoms with Crippen molar-refractivity contribution < 1.29 is 4.74 Å². The fraction of sp³-hybridized carbons (Fsp3) is 0.273. The Morgan fingerprint density at radius 2 is 2.14 bits per heavy atom. The highest BCUT2D eigenvalue weighted by Gasteiger charge is 2.24. The van der Waals surface area contributed by atoms with Crippen LogP contribution in [-0.2, 0) is 4.74 Å². The minimum Gasteiger partial charge on any atom is -0.370 e. The zero-order valence-corrected chi connectivity index (χ0v) is 7.90. The summed E-state index contributed by atoms with van der Waals surface area (Å²) in [4.78, 5) is 0. The molecule has 1 aliphatic carbocycles. The van der Waals surface area contributed by atoms with E-state index in [0.717, 1.165) is 0 Å². The van der Waals surface area contributed by atoms with Crippen LogP contribution in [0.15, 0.2) is 36.0 Å². The Labute approximate surface area is 83.2 Å². The molecule has 0 N–H and O–H groups in total. The molecule has 0 amide bonds. The Morgan fingerprint density at radius 1 is 1.43 bits per heavy atom. The Kier molecular flexibility index (Phi) is 3.23. The number of allylic oxidation sites excluding steroid dienone is 3. The molecule has 1 aliphatic rings. The van der Waals surface area contributed by atoms with E-state index in [2.05, 4.69) is 0 Å². The largest absolute Gasteiger partial charge is 0.370 e. The van der Waals surface area contributed by atoms with Gasteiger partial charge in [0.15, 0.2) is 0 Å². The maximum atomic E-state index is 8.63. The van der Waals surface area contributed by atoms with Gasteiger partial charge in [-0.1, -0.05) is 18.2 Å². The van der Waals surface area contributed by atoms with E-state index in [0.29, 0.717) is 6.42 Å². The molecule has 14 heavy (non-hydrogen) atoms. The molecule has 0 fully saturated rings. The smallest absolute Gasteiger partial charge is 0.128 e. The highest BCUT2D eigenvalue weighted by molar-refractivity contribution is 5.40. The Morgan fingerprint density at radius 3 is 2.57 bits per heavy atom. The number of nitrogens with zero attached hydrogens (tertiary/aromatic N) is 2. The Hall–Kier alpha value is -1.84. The molecule has 0 heterocycles. The quantitative estimate of drug-likeness (QED) is 0.618. The van der Waals surface area contributed by atoms with Crippen LogP contribution in [0.25, 0.3) is 0 Å². The molecule has 3 heteroatoms. The summed E-state index contributed by atoms with van der Waals surface area (Å²) >= 11 is 0. The van der Waals surface area contributed by atoms with E-state index in [4.69, 9.17) is 15.3 Å². The zero-order valence-electron chi connectivity index (χ0n) is 7.90. The third-order valence-corrected chi connectivity index (χ3v) is 2.07. The van der Waals surface area contributed by atoms with Crippen LogP contribution in [0, 0.1) is 22.7 Å². The number of rotatable bonds is 2. The van der Waals surface area contributed by atoms with Crippen LogP contribution in [0.1, 0.15) is 6.42 Å². The third-order valence-electron chi connectivity index (χ3n) is 2.07. The van der Waals surface area contributed by atoms with Gasteiger partial charge in [-0.3, -0.25) is 0 Å². The fourth-order valence-electron chi connectivity index (χ4n) is 1.27. The van der Waals surface area contributed by atoms with Gasteiger partial charge in [-0.2, -0.15) is 10.5 Å². The maximum absolute atomic E-state index is 8.63. The molecule has 0 aromatic rings. The molecule has 0 aromatic heterocycles. The first-order chi connectivity index (χ1) is 6.76. The molecule has 1 unspecified atom stereocenters. The van der Waals surface area contributed by atoms with Crippen molar-refractivity contribution in [1.29, 1.82) is 10.5 Å². The van der Waals surface area contributed by atoms with Crippen LogP contribution in [0.2, 0.25) is 0 Å². The van der Waals surface area contributed by atoms with Crippen LogP contribution in [0.5, 0.6) is 0 Å². The number of hydrogen-bond acceptors (Lipinski definition) is 3. The van der Waals surface area contributed by atoms with Gasteiger partial charge < -0.3 is 4.74 Å². The average Bonchev–Trinajstić information content (AvgIpc) is 2.27. The van der Waals surface area contributed by atoms with Crippen LogP contribution in [-0.4, -0.2) is 12.7 Å². The minimum absolute atomic E-state index is 0.0757. The lowest BCUT2D eigenvalue weighted by Crippen LogP contribution is -2.26. The van der Waals surface area contributed by atoms with Gasteiger partial charge in [0.1, 0.15) is 23.3 Å². The van der Waals surface area contributed by atoms with Crippen LogP contribution < -0.4 is 0 Å². The molecule has 0 bridgehead atoms. The standard InChI is InChI=1S/C11H10N2O/c1-14-11(5-3-2-4-6-11)7-10(8-12)9-13/h2-5,7H,6H2,1H3. The van der Waals surface area contributed by atoms with E-state index >= 15 is 0 Å². The molecular formula is C11H10N2O. The second kappa shape index (κ2) is 4.41. The first-order valence-electron chi connectivity index (χ1n) is 4.19. The van der Waals surface area contributed by atoms with E-state index in [9.17, 15) is 0 Å². The molecule has 0 spiro atoms. The van der Waals surface area contributed by atoms with E-state index in [1.807, 2.05) is 36.4 Å². The highest BCUT2D eigenvalue weighted by atomic mass is 16.5. The maximum Gasteiger partial charge on any atom is 0.128 e. The summed E-state index contributed by atoms with van der Waals surface area (Å²) < 4.78 is 5.30. The van der Waals surface area contributed by atoms with E-state index < -0.39 is 5.60 Å².